The standard InChI is InChI=1S/C12H12N4OS/c1-2-7-15-10(17)8-5-3-4-6-9(8)16-11(15)13-14-12(16)18/h3-6H,2,7H2,1H3,(H,14,18)/i6D. The van der Waals surface area contributed by atoms with Crippen molar-refractivity contribution in [1.29, 1.82) is 0 Å². The van der Waals surface area contributed by atoms with E-state index >= 15 is 0 Å². The number of nitrogens with one attached hydrogen (secondary N) is 1. The van der Waals surface area contributed by atoms with Crippen LogP contribution in [0, 0.1) is 4.77 Å². The molecule has 0 fully saturated rings. The molecule has 0 saturated heterocycles. The van der Waals surface area contributed by atoms with Gasteiger partial charge < -0.3 is 0 Å². The molecule has 0 atom stereocenters. The number of aromatic amines is 1. The molecule has 0 spiro atoms. The summed E-state index contributed by atoms with van der Waals surface area (Å²) in [5, 5.41) is 7.30. The fourth-order valence-electron chi connectivity index (χ4n) is 2.12. The molecule has 0 aliphatic heterocycles. The van der Waals surface area contributed by atoms with Crippen LogP contribution in [-0.2, 0) is 6.54 Å². The first-order valence-corrected chi connectivity index (χ1v) is 6.15. The van der Waals surface area contributed by atoms with Crippen molar-refractivity contribution in [2.24, 2.45) is 0 Å². The fraction of sp³-hybridized carbons (Fsp3) is 0.250. The number of fused-ring (bicyclic) bond motifs is 3. The minimum atomic E-state index is -0.132. The lowest BCUT2D eigenvalue weighted by atomic mass is 10.2. The van der Waals surface area contributed by atoms with Gasteiger partial charge in [-0.3, -0.25) is 13.8 Å². The lowest BCUT2D eigenvalue weighted by Crippen LogP contribution is -2.23. The molecule has 0 radical (unpaired) electrons. The molecule has 1 N–H and O–H groups in total. The van der Waals surface area contributed by atoms with Gasteiger partial charge in [-0.05, 0) is 30.7 Å². The van der Waals surface area contributed by atoms with E-state index in [1.807, 2.05) is 6.92 Å². The van der Waals surface area contributed by atoms with Gasteiger partial charge in [-0.15, -0.1) is 5.10 Å². The summed E-state index contributed by atoms with van der Waals surface area (Å²) in [7, 11) is 0. The Kier molecular flexibility index (Phi) is 2.26. The van der Waals surface area contributed by atoms with Crippen LogP contribution in [0.4, 0.5) is 0 Å². The highest BCUT2D eigenvalue weighted by Crippen LogP contribution is 2.12. The number of nitrogens with zero attached hydrogens (tertiary/aromatic N) is 3. The third-order valence-electron chi connectivity index (χ3n) is 2.88. The Morgan fingerprint density at radius 2 is 2.39 bits per heavy atom. The number of H-pyrrole nitrogens is 1. The number of aromatic nitrogens is 4. The highest BCUT2D eigenvalue weighted by atomic mass is 32.1. The Labute approximate surface area is 109 Å². The van der Waals surface area contributed by atoms with E-state index in [2.05, 4.69) is 10.2 Å². The molecule has 3 aromatic rings. The van der Waals surface area contributed by atoms with Crippen molar-refractivity contribution in [3.63, 3.8) is 0 Å². The molecule has 1 aromatic carbocycles. The van der Waals surface area contributed by atoms with E-state index in [0.717, 1.165) is 6.42 Å². The predicted octanol–water partition coefficient (Wildman–Crippen LogP) is 2.12. The Balaban J connectivity index is 2.68. The van der Waals surface area contributed by atoms with Crippen LogP contribution in [0.3, 0.4) is 0 Å². The maximum atomic E-state index is 12.5. The van der Waals surface area contributed by atoms with Gasteiger partial charge in [0.2, 0.25) is 10.5 Å². The maximum absolute atomic E-state index is 12.5. The van der Waals surface area contributed by atoms with Crippen LogP contribution in [0.5, 0.6) is 0 Å². The summed E-state index contributed by atoms with van der Waals surface area (Å²) in [6.45, 7) is 2.56. The van der Waals surface area contributed by atoms with E-state index in [9.17, 15) is 4.79 Å². The molecular weight excluding hydrogens is 248 g/mol. The summed E-state index contributed by atoms with van der Waals surface area (Å²) in [6.07, 6.45) is 0.821. The highest BCUT2D eigenvalue weighted by Gasteiger charge is 2.11. The minimum absolute atomic E-state index is 0.132. The van der Waals surface area contributed by atoms with Gasteiger partial charge >= 0.3 is 0 Å². The van der Waals surface area contributed by atoms with Crippen molar-refractivity contribution in [2.75, 3.05) is 0 Å². The number of hydrogen-bond acceptors (Lipinski definition) is 3. The second kappa shape index (κ2) is 4.06. The molecule has 0 unspecified atom stereocenters. The molecule has 0 aliphatic carbocycles. The largest absolute Gasteiger partial charge is 0.276 e. The van der Waals surface area contributed by atoms with Crippen molar-refractivity contribution in [2.45, 2.75) is 19.9 Å². The minimum Gasteiger partial charge on any atom is -0.276 e. The van der Waals surface area contributed by atoms with E-state index in [1.165, 1.54) is 0 Å². The number of benzene rings is 1. The topological polar surface area (TPSA) is 55.1 Å². The molecule has 0 saturated carbocycles. The zero-order valence-corrected chi connectivity index (χ0v) is 10.6. The first-order chi connectivity index (χ1) is 9.15. The molecule has 3 rings (SSSR count). The second-order valence-electron chi connectivity index (χ2n) is 4.05. The van der Waals surface area contributed by atoms with E-state index in [4.69, 9.17) is 13.6 Å². The number of aryl methyl sites for hydroxylation is 1. The average Bonchev–Trinajstić information content (AvgIpc) is 2.77. The molecular formula is C12H12N4OS. The second-order valence-corrected chi connectivity index (χ2v) is 4.44. The molecule has 0 bridgehead atoms. The number of hydrogen-bond donors (Lipinski definition) is 1. The zero-order valence-electron chi connectivity index (χ0n) is 10.8. The molecule has 0 amide bonds. The van der Waals surface area contributed by atoms with Gasteiger partial charge in [0.05, 0.1) is 12.3 Å². The zero-order chi connectivity index (χ0) is 13.6. The Morgan fingerprint density at radius 3 is 3.17 bits per heavy atom. The van der Waals surface area contributed by atoms with Gasteiger partial charge in [0, 0.05) is 6.54 Å². The van der Waals surface area contributed by atoms with Crippen LogP contribution < -0.4 is 5.56 Å². The van der Waals surface area contributed by atoms with Crippen molar-refractivity contribution in [3.8, 4) is 0 Å². The lowest BCUT2D eigenvalue weighted by molar-refractivity contribution is 0.663. The summed E-state index contributed by atoms with van der Waals surface area (Å²) in [5.74, 6) is 0.462. The van der Waals surface area contributed by atoms with Crippen molar-refractivity contribution in [3.05, 3.63) is 39.4 Å². The van der Waals surface area contributed by atoms with Crippen LogP contribution in [0.2, 0.25) is 0 Å². The molecule has 18 heavy (non-hydrogen) atoms. The monoisotopic (exact) mass is 261 g/mol. The summed E-state index contributed by atoms with van der Waals surface area (Å²) >= 11 is 5.21. The van der Waals surface area contributed by atoms with E-state index < -0.39 is 0 Å². The molecule has 6 heteroatoms. The molecule has 2 heterocycles. The summed E-state index contributed by atoms with van der Waals surface area (Å²) < 4.78 is 11.6. The Morgan fingerprint density at radius 1 is 1.56 bits per heavy atom. The molecule has 92 valence electrons. The predicted molar refractivity (Wildman–Crippen MR) is 72.4 cm³/mol. The summed E-state index contributed by atoms with van der Waals surface area (Å²) in [5.41, 5.74) is 0.376. The van der Waals surface area contributed by atoms with Gasteiger partial charge in [0.25, 0.3) is 5.56 Å². The normalized spacial score (nSPS) is 12.2. The first-order valence-electron chi connectivity index (χ1n) is 6.24. The van der Waals surface area contributed by atoms with Crippen molar-refractivity contribution < 1.29 is 1.37 Å². The number of para-hydroxylation sites is 1. The summed E-state index contributed by atoms with van der Waals surface area (Å²) in [4.78, 5) is 12.5. The molecule has 2 aromatic heterocycles. The fourth-order valence-corrected chi connectivity index (χ4v) is 2.34. The van der Waals surface area contributed by atoms with Crippen LogP contribution in [-0.4, -0.2) is 19.2 Å². The van der Waals surface area contributed by atoms with Gasteiger partial charge in [0.1, 0.15) is 0 Å². The maximum Gasteiger partial charge on any atom is 0.262 e. The van der Waals surface area contributed by atoms with Crippen LogP contribution in [0.25, 0.3) is 16.7 Å². The molecule has 5 nitrogen and oxygen atoms in total. The Bertz CT molecular complexity index is 892. The van der Waals surface area contributed by atoms with Crippen molar-refractivity contribution >= 4 is 28.9 Å². The van der Waals surface area contributed by atoms with Gasteiger partial charge in [-0.2, -0.15) is 0 Å². The highest BCUT2D eigenvalue weighted by molar-refractivity contribution is 7.71. The number of rotatable bonds is 2. The smallest absolute Gasteiger partial charge is 0.262 e. The van der Waals surface area contributed by atoms with Gasteiger partial charge in [-0.25, -0.2) is 5.10 Å². The SMILES string of the molecule is [2H]c1cccc2c(=O)n(CCC)c3n[nH]c(=S)n3c12. The van der Waals surface area contributed by atoms with Gasteiger partial charge in [-0.1, -0.05) is 19.1 Å². The summed E-state index contributed by atoms with van der Waals surface area (Å²) in [6, 6.07) is 5.33. The quantitative estimate of drug-likeness (QED) is 0.719. The van der Waals surface area contributed by atoms with Crippen LogP contribution >= 0.6 is 12.2 Å². The van der Waals surface area contributed by atoms with E-state index in [-0.39, 0.29) is 11.6 Å². The molecule has 0 aliphatic rings. The van der Waals surface area contributed by atoms with Gasteiger partial charge in [0.15, 0.2) is 0 Å². The van der Waals surface area contributed by atoms with E-state index in [1.54, 1.807) is 27.2 Å². The van der Waals surface area contributed by atoms with Crippen LogP contribution in [0.15, 0.2) is 29.0 Å². The third-order valence-corrected chi connectivity index (χ3v) is 3.15. The average molecular weight is 261 g/mol. The Hall–Kier alpha value is -1.95. The lowest BCUT2D eigenvalue weighted by Gasteiger charge is -2.08. The first kappa shape index (κ1) is 10.0. The third kappa shape index (κ3) is 1.42. The van der Waals surface area contributed by atoms with E-state index in [0.29, 0.717) is 28.0 Å². The van der Waals surface area contributed by atoms with Crippen LogP contribution in [0.1, 0.15) is 14.7 Å². The van der Waals surface area contributed by atoms with Crippen molar-refractivity contribution in [1.82, 2.24) is 19.2 Å².